The highest BCUT2D eigenvalue weighted by atomic mass is 32.1. The number of piperidine rings is 1. The Labute approximate surface area is 207 Å². The second-order valence-corrected chi connectivity index (χ2v) is 11.5. The summed E-state index contributed by atoms with van der Waals surface area (Å²) in [4.78, 5) is 2.29. The summed E-state index contributed by atoms with van der Waals surface area (Å²) in [7, 11) is 5.53. The maximum atomic E-state index is 5.76. The SMILES string of the molecule is C=C1C=CC(c2ccc(-c3nnc(N(C)C4CC(C)(C)NC(C)(C)C4)s3)c(OC)c2)=CC1OC. The quantitative estimate of drug-likeness (QED) is 0.591. The van der Waals surface area contributed by atoms with E-state index in [1.165, 1.54) is 0 Å². The number of nitrogens with one attached hydrogen (secondary N) is 1. The Balaban J connectivity index is 1.59. The number of rotatable bonds is 6. The summed E-state index contributed by atoms with van der Waals surface area (Å²) >= 11 is 1.61. The first-order valence-corrected chi connectivity index (χ1v) is 12.5. The molecule has 0 radical (unpaired) electrons. The van der Waals surface area contributed by atoms with Crippen LogP contribution in [0, 0.1) is 0 Å². The van der Waals surface area contributed by atoms with Crippen LogP contribution in [0.4, 0.5) is 5.13 Å². The van der Waals surface area contributed by atoms with Gasteiger partial charge in [0.1, 0.15) is 11.9 Å². The molecule has 6 nitrogen and oxygen atoms in total. The van der Waals surface area contributed by atoms with Gasteiger partial charge in [-0.25, -0.2) is 0 Å². The van der Waals surface area contributed by atoms with Crippen LogP contribution in [0.2, 0.25) is 0 Å². The van der Waals surface area contributed by atoms with E-state index in [2.05, 4.69) is 92.1 Å². The number of benzene rings is 1. The van der Waals surface area contributed by atoms with Crippen molar-refractivity contribution < 1.29 is 9.47 Å². The highest BCUT2D eigenvalue weighted by Crippen LogP contribution is 2.39. The van der Waals surface area contributed by atoms with Crippen molar-refractivity contribution in [1.82, 2.24) is 15.5 Å². The molecule has 1 aliphatic heterocycles. The van der Waals surface area contributed by atoms with Crippen LogP contribution in [0.15, 0.2) is 48.6 Å². The largest absolute Gasteiger partial charge is 0.496 e. The first-order chi connectivity index (χ1) is 16.0. The van der Waals surface area contributed by atoms with Gasteiger partial charge in [-0.05, 0) is 75.5 Å². The molecule has 0 saturated carbocycles. The summed E-state index contributed by atoms with van der Waals surface area (Å²) in [5.41, 5.74) is 4.18. The van der Waals surface area contributed by atoms with E-state index in [9.17, 15) is 0 Å². The minimum Gasteiger partial charge on any atom is -0.496 e. The van der Waals surface area contributed by atoms with E-state index in [-0.39, 0.29) is 17.2 Å². The van der Waals surface area contributed by atoms with E-state index < -0.39 is 0 Å². The number of ether oxygens (including phenoxy) is 2. The number of aromatic nitrogens is 2. The van der Waals surface area contributed by atoms with Gasteiger partial charge in [-0.1, -0.05) is 36.1 Å². The summed E-state index contributed by atoms with van der Waals surface area (Å²) in [6, 6.07) is 6.60. The molecule has 1 atom stereocenters. The predicted octanol–water partition coefficient (Wildman–Crippen LogP) is 5.48. The molecule has 182 valence electrons. The Morgan fingerprint density at radius 3 is 2.44 bits per heavy atom. The highest BCUT2D eigenvalue weighted by molar-refractivity contribution is 7.18. The van der Waals surface area contributed by atoms with Crippen molar-refractivity contribution >= 4 is 22.0 Å². The van der Waals surface area contributed by atoms with Gasteiger partial charge in [0.25, 0.3) is 0 Å². The van der Waals surface area contributed by atoms with Crippen LogP contribution in [-0.4, -0.2) is 54.7 Å². The molecule has 0 bridgehead atoms. The normalized spacial score (nSPS) is 21.9. The third kappa shape index (κ3) is 5.11. The molecular weight excluding hydrogens is 444 g/mol. The molecular formula is C27H36N4O2S. The van der Waals surface area contributed by atoms with Crippen molar-refractivity contribution in [2.24, 2.45) is 0 Å². The second-order valence-electron chi connectivity index (χ2n) is 10.6. The van der Waals surface area contributed by atoms with Crippen molar-refractivity contribution in [3.05, 3.63) is 54.1 Å². The van der Waals surface area contributed by atoms with E-state index >= 15 is 0 Å². The lowest BCUT2D eigenvalue weighted by Gasteiger charge is -2.48. The number of hydrogen-bond acceptors (Lipinski definition) is 7. The summed E-state index contributed by atoms with van der Waals surface area (Å²) in [6.45, 7) is 13.1. The highest BCUT2D eigenvalue weighted by Gasteiger charge is 2.39. The summed E-state index contributed by atoms with van der Waals surface area (Å²) < 4.78 is 11.3. The third-order valence-corrected chi connectivity index (χ3v) is 7.67. The Kier molecular flexibility index (Phi) is 6.73. The molecule has 1 fully saturated rings. The Morgan fingerprint density at radius 1 is 1.09 bits per heavy atom. The van der Waals surface area contributed by atoms with Crippen LogP contribution in [-0.2, 0) is 4.74 Å². The van der Waals surface area contributed by atoms with Gasteiger partial charge in [0.2, 0.25) is 5.13 Å². The zero-order valence-corrected chi connectivity index (χ0v) is 22.1. The molecule has 1 unspecified atom stereocenters. The standard InChI is InChI=1S/C27H36N4O2S/c1-17-9-10-18(13-22(17)32-7)19-11-12-21(23(14-19)33-8)24-28-29-25(34-24)31(6)20-15-26(2,3)30-27(4,5)16-20/h9-14,20,22,30H,1,15-16H2,2-8H3. The van der Waals surface area contributed by atoms with Gasteiger partial charge in [0, 0.05) is 31.3 Å². The summed E-state index contributed by atoms with van der Waals surface area (Å²) in [6.07, 6.45) is 8.13. The molecule has 1 aliphatic carbocycles. The van der Waals surface area contributed by atoms with Gasteiger partial charge in [0.15, 0.2) is 5.01 Å². The van der Waals surface area contributed by atoms with Crippen molar-refractivity contribution in [3.63, 3.8) is 0 Å². The van der Waals surface area contributed by atoms with Gasteiger partial charge < -0.3 is 19.7 Å². The molecule has 7 heteroatoms. The first kappa shape index (κ1) is 24.6. The lowest BCUT2D eigenvalue weighted by atomic mass is 9.79. The van der Waals surface area contributed by atoms with Gasteiger partial charge in [-0.3, -0.25) is 0 Å². The molecule has 1 N–H and O–H groups in total. The van der Waals surface area contributed by atoms with Crippen LogP contribution in [0.5, 0.6) is 5.75 Å². The number of allylic oxidation sites excluding steroid dienone is 2. The molecule has 34 heavy (non-hydrogen) atoms. The number of methoxy groups -OCH3 is 2. The van der Waals surface area contributed by atoms with E-state index in [0.29, 0.717) is 6.04 Å². The molecule has 4 rings (SSSR count). The molecule has 2 aliphatic rings. The fourth-order valence-electron chi connectivity index (χ4n) is 5.24. The van der Waals surface area contributed by atoms with Gasteiger partial charge >= 0.3 is 0 Å². The summed E-state index contributed by atoms with van der Waals surface area (Å²) in [5.74, 6) is 0.777. The van der Waals surface area contributed by atoms with Crippen LogP contribution in [0.1, 0.15) is 46.1 Å². The zero-order valence-electron chi connectivity index (χ0n) is 21.3. The predicted molar refractivity (Wildman–Crippen MR) is 142 cm³/mol. The number of anilines is 1. The maximum absolute atomic E-state index is 5.76. The minimum atomic E-state index is -0.114. The van der Waals surface area contributed by atoms with Crippen molar-refractivity contribution in [2.75, 3.05) is 26.2 Å². The molecule has 0 spiro atoms. The third-order valence-electron chi connectivity index (χ3n) is 6.62. The average molecular weight is 481 g/mol. The van der Waals surface area contributed by atoms with Crippen molar-refractivity contribution in [2.45, 2.75) is 63.8 Å². The van der Waals surface area contributed by atoms with Crippen molar-refractivity contribution in [1.29, 1.82) is 0 Å². The van der Waals surface area contributed by atoms with Crippen LogP contribution in [0.25, 0.3) is 16.1 Å². The Bertz CT molecular complexity index is 1120. The van der Waals surface area contributed by atoms with Gasteiger partial charge in [-0.2, -0.15) is 0 Å². The van der Waals surface area contributed by atoms with Crippen LogP contribution >= 0.6 is 11.3 Å². The average Bonchev–Trinajstić information content (AvgIpc) is 3.26. The molecule has 1 aromatic heterocycles. The lowest BCUT2D eigenvalue weighted by Crippen LogP contribution is -2.61. The fraction of sp³-hybridized carbons (Fsp3) is 0.481. The Morgan fingerprint density at radius 2 is 1.79 bits per heavy atom. The number of hydrogen-bond donors (Lipinski definition) is 1. The molecule has 0 amide bonds. The number of nitrogens with zero attached hydrogens (tertiary/aromatic N) is 3. The zero-order chi connectivity index (χ0) is 24.7. The Hall–Kier alpha value is -2.48. The lowest BCUT2D eigenvalue weighted by molar-refractivity contribution is 0.161. The van der Waals surface area contributed by atoms with E-state index in [0.717, 1.165) is 51.0 Å². The van der Waals surface area contributed by atoms with Crippen molar-refractivity contribution in [3.8, 4) is 16.3 Å². The maximum Gasteiger partial charge on any atom is 0.208 e. The van der Waals surface area contributed by atoms with Gasteiger partial charge in [-0.15, -0.1) is 10.2 Å². The van der Waals surface area contributed by atoms with Gasteiger partial charge in [0.05, 0.1) is 12.7 Å². The summed E-state index contributed by atoms with van der Waals surface area (Å²) in [5, 5.41) is 14.6. The van der Waals surface area contributed by atoms with Crippen LogP contribution in [0.3, 0.4) is 0 Å². The monoisotopic (exact) mass is 480 g/mol. The smallest absolute Gasteiger partial charge is 0.208 e. The van der Waals surface area contributed by atoms with E-state index in [4.69, 9.17) is 9.47 Å². The minimum absolute atomic E-state index is 0.0731. The fourth-order valence-corrected chi connectivity index (χ4v) is 6.15. The van der Waals surface area contributed by atoms with E-state index in [1.54, 1.807) is 25.6 Å². The molecule has 2 aromatic rings. The molecule has 1 saturated heterocycles. The second kappa shape index (κ2) is 9.29. The molecule has 1 aromatic carbocycles. The topological polar surface area (TPSA) is 59.5 Å². The molecule has 2 heterocycles. The van der Waals surface area contributed by atoms with Crippen LogP contribution < -0.4 is 15.0 Å². The first-order valence-electron chi connectivity index (χ1n) is 11.7. The van der Waals surface area contributed by atoms with E-state index in [1.807, 2.05) is 6.08 Å².